The first kappa shape index (κ1) is 28.7. The molecule has 0 bridgehead atoms. The third-order valence-electron chi connectivity index (χ3n) is 7.00. The highest BCUT2D eigenvalue weighted by Gasteiger charge is 2.48. The fourth-order valence-corrected chi connectivity index (χ4v) is 5.10. The predicted molar refractivity (Wildman–Crippen MR) is 134 cm³/mol. The molecule has 4 rings (SSSR count). The van der Waals surface area contributed by atoms with Crippen molar-refractivity contribution < 1.29 is 49.0 Å². The van der Waals surface area contributed by atoms with Crippen molar-refractivity contribution in [3.63, 3.8) is 0 Å². The first-order valence-corrected chi connectivity index (χ1v) is 12.8. The maximum absolute atomic E-state index is 13.0. The van der Waals surface area contributed by atoms with E-state index in [1.54, 1.807) is 31.2 Å². The van der Waals surface area contributed by atoms with Gasteiger partial charge < -0.3 is 49.7 Å². The molecule has 3 heterocycles. The highest BCUT2D eigenvalue weighted by molar-refractivity contribution is 6.31. The molecule has 2 saturated heterocycles. The Bertz CT molecular complexity index is 1130. The molecular weight excluding hydrogens is 524 g/mol. The maximum atomic E-state index is 13.0. The number of amides is 1. The molecule has 2 aliphatic heterocycles. The minimum Gasteiger partial charge on any atom is -0.480 e. The number of rotatable bonds is 9. The Balaban J connectivity index is 1.47. The van der Waals surface area contributed by atoms with Crippen LogP contribution in [0.1, 0.15) is 30.8 Å². The second-order valence-corrected chi connectivity index (χ2v) is 10.0. The first-order chi connectivity index (χ1) is 18.1. The zero-order chi connectivity index (χ0) is 27.6. The number of carbonyl (C=O) groups excluding carboxylic acids is 1. The molecule has 2 aliphatic rings. The summed E-state index contributed by atoms with van der Waals surface area (Å²) in [5.74, 6) is -2.33. The topological polar surface area (TPSA) is 180 Å². The third kappa shape index (κ3) is 6.13. The zero-order valence-corrected chi connectivity index (χ0v) is 21.7. The number of H-pyrrole nitrogens is 1. The first-order valence-electron chi connectivity index (χ1n) is 12.4. The SMILES string of the molecule is CCC1OCC(NC(=O)c2cc3cc(Cl)ccc3[nH]2)[C@@H](O)[C@H]1OC1OC(CO)[C@H](O)[C@H](OCC(=O)O)C1C. The maximum Gasteiger partial charge on any atom is 0.329 e. The van der Waals surface area contributed by atoms with Crippen molar-refractivity contribution in [2.45, 2.75) is 69.2 Å². The number of ether oxygens (including phenoxy) is 4. The van der Waals surface area contributed by atoms with Crippen molar-refractivity contribution >= 4 is 34.4 Å². The van der Waals surface area contributed by atoms with Crippen LogP contribution in [0.2, 0.25) is 5.02 Å². The minimum absolute atomic E-state index is 0.0424. The Kier molecular flexibility index (Phi) is 9.27. The van der Waals surface area contributed by atoms with Crippen LogP contribution in [0.4, 0.5) is 0 Å². The molecule has 0 radical (unpaired) electrons. The number of aliphatic hydroxyl groups excluding tert-OH is 3. The molecule has 2 aromatic rings. The number of benzene rings is 1. The van der Waals surface area contributed by atoms with Crippen LogP contribution in [0, 0.1) is 5.92 Å². The van der Waals surface area contributed by atoms with E-state index in [9.17, 15) is 24.9 Å². The smallest absolute Gasteiger partial charge is 0.329 e. The van der Waals surface area contributed by atoms with E-state index in [2.05, 4.69) is 10.3 Å². The third-order valence-corrected chi connectivity index (χ3v) is 7.23. The Hall–Kier alpha value is -2.29. The summed E-state index contributed by atoms with van der Waals surface area (Å²) in [6, 6.07) is 6.04. The molecule has 12 nitrogen and oxygen atoms in total. The highest BCUT2D eigenvalue weighted by atomic mass is 35.5. The van der Waals surface area contributed by atoms with Gasteiger partial charge in [-0.25, -0.2) is 4.79 Å². The fourth-order valence-electron chi connectivity index (χ4n) is 4.92. The molecule has 210 valence electrons. The lowest BCUT2D eigenvalue weighted by atomic mass is 9.91. The highest BCUT2D eigenvalue weighted by Crippen LogP contribution is 2.32. The zero-order valence-electron chi connectivity index (χ0n) is 21.0. The van der Waals surface area contributed by atoms with Gasteiger partial charge in [0.25, 0.3) is 5.91 Å². The van der Waals surface area contributed by atoms with Gasteiger partial charge in [0.2, 0.25) is 0 Å². The lowest BCUT2D eigenvalue weighted by molar-refractivity contribution is -0.321. The summed E-state index contributed by atoms with van der Waals surface area (Å²) in [4.78, 5) is 27.0. The molecule has 0 aliphatic carbocycles. The number of fused-ring (bicyclic) bond motifs is 1. The van der Waals surface area contributed by atoms with Gasteiger partial charge in [0.15, 0.2) is 6.29 Å². The van der Waals surface area contributed by atoms with Crippen LogP contribution in [-0.2, 0) is 23.7 Å². The van der Waals surface area contributed by atoms with Gasteiger partial charge in [0, 0.05) is 21.8 Å². The van der Waals surface area contributed by atoms with Gasteiger partial charge in [-0.2, -0.15) is 0 Å². The van der Waals surface area contributed by atoms with Crippen molar-refractivity contribution in [2.24, 2.45) is 5.92 Å². The molecular formula is C25H33ClN2O10. The largest absolute Gasteiger partial charge is 0.480 e. The van der Waals surface area contributed by atoms with Crippen molar-refractivity contribution in [2.75, 3.05) is 19.8 Å². The van der Waals surface area contributed by atoms with E-state index in [1.165, 1.54) is 0 Å². The van der Waals surface area contributed by atoms with Crippen LogP contribution < -0.4 is 5.32 Å². The van der Waals surface area contributed by atoms with Gasteiger partial charge in [0.1, 0.15) is 36.7 Å². The number of nitrogens with one attached hydrogen (secondary N) is 2. The summed E-state index contributed by atoms with van der Waals surface area (Å²) in [7, 11) is 0. The van der Waals surface area contributed by atoms with Gasteiger partial charge in [0.05, 0.1) is 31.5 Å². The van der Waals surface area contributed by atoms with E-state index in [4.69, 9.17) is 35.7 Å². The molecule has 13 heteroatoms. The van der Waals surface area contributed by atoms with E-state index in [-0.39, 0.29) is 12.3 Å². The summed E-state index contributed by atoms with van der Waals surface area (Å²) in [6.45, 7) is 2.33. The molecule has 2 fully saturated rings. The van der Waals surface area contributed by atoms with Crippen LogP contribution in [-0.4, -0.2) is 106 Å². The lowest BCUT2D eigenvalue weighted by Gasteiger charge is -2.46. The van der Waals surface area contributed by atoms with Crippen LogP contribution in [0.3, 0.4) is 0 Å². The number of hydrogen-bond acceptors (Lipinski definition) is 9. The Morgan fingerprint density at radius 1 is 1.18 bits per heavy atom. The lowest BCUT2D eigenvalue weighted by Crippen LogP contribution is -2.63. The minimum atomic E-state index is -1.29. The summed E-state index contributed by atoms with van der Waals surface area (Å²) in [5.41, 5.74) is 1.02. The van der Waals surface area contributed by atoms with Crippen LogP contribution in [0.25, 0.3) is 10.9 Å². The van der Waals surface area contributed by atoms with Crippen LogP contribution in [0.5, 0.6) is 0 Å². The average Bonchev–Trinajstić information content (AvgIpc) is 3.31. The number of halogens is 1. The Morgan fingerprint density at radius 2 is 1.95 bits per heavy atom. The summed E-state index contributed by atoms with van der Waals surface area (Å²) < 4.78 is 23.2. The quantitative estimate of drug-likeness (QED) is 0.257. The van der Waals surface area contributed by atoms with Crippen molar-refractivity contribution in [3.8, 4) is 0 Å². The van der Waals surface area contributed by atoms with E-state index >= 15 is 0 Å². The average molecular weight is 557 g/mol. The number of aromatic amines is 1. The Labute approximate surface area is 223 Å². The summed E-state index contributed by atoms with van der Waals surface area (Å²) in [6.07, 6.45) is -6.65. The van der Waals surface area contributed by atoms with Crippen molar-refractivity contribution in [1.82, 2.24) is 10.3 Å². The van der Waals surface area contributed by atoms with E-state index in [0.29, 0.717) is 11.4 Å². The van der Waals surface area contributed by atoms with E-state index < -0.39 is 80.0 Å². The predicted octanol–water partition coefficient (Wildman–Crippen LogP) is 0.659. The van der Waals surface area contributed by atoms with Gasteiger partial charge in [-0.1, -0.05) is 25.4 Å². The van der Waals surface area contributed by atoms with E-state index in [0.717, 1.165) is 10.9 Å². The molecule has 0 spiro atoms. The molecule has 38 heavy (non-hydrogen) atoms. The van der Waals surface area contributed by atoms with Crippen LogP contribution in [0.15, 0.2) is 24.3 Å². The molecule has 1 amide bonds. The molecule has 5 unspecified atom stereocenters. The Morgan fingerprint density at radius 3 is 2.63 bits per heavy atom. The molecule has 1 aromatic carbocycles. The number of carbonyl (C=O) groups is 2. The van der Waals surface area contributed by atoms with Gasteiger partial charge in [-0.15, -0.1) is 0 Å². The van der Waals surface area contributed by atoms with Gasteiger partial charge in [-0.3, -0.25) is 4.79 Å². The second kappa shape index (κ2) is 12.3. The second-order valence-electron chi connectivity index (χ2n) is 9.61. The van der Waals surface area contributed by atoms with Crippen molar-refractivity contribution in [1.29, 1.82) is 0 Å². The van der Waals surface area contributed by atoms with Gasteiger partial charge >= 0.3 is 5.97 Å². The molecule has 1 aromatic heterocycles. The van der Waals surface area contributed by atoms with E-state index in [1.807, 2.05) is 6.92 Å². The normalized spacial score (nSPS) is 33.8. The number of carboxylic acids is 1. The number of hydrogen-bond donors (Lipinski definition) is 6. The monoisotopic (exact) mass is 556 g/mol. The molecule has 0 saturated carbocycles. The van der Waals surface area contributed by atoms with Gasteiger partial charge in [-0.05, 0) is 30.7 Å². The molecule has 6 N–H and O–H groups in total. The number of aromatic nitrogens is 1. The van der Waals surface area contributed by atoms with Crippen LogP contribution >= 0.6 is 11.6 Å². The number of aliphatic hydroxyl groups is 3. The standard InChI is InChI=1S/C25H33ClN2O10/c1-3-17-23(38-25-11(2)22(36-10-19(30)31)21(33)18(8-29)37-25)20(32)16(9-35-17)28-24(34)15-7-12-6-13(26)4-5-14(12)27-15/h4-7,11,16-18,20-23,25,27,29,32-33H,3,8-10H2,1-2H3,(H,28,34)(H,30,31)/t11?,16?,17?,18?,20-,21+,22-,23+,25?/m1/s1. The number of carboxylic acid groups (broad SMARTS) is 1. The van der Waals surface area contributed by atoms with Crippen molar-refractivity contribution in [3.05, 3.63) is 35.0 Å². The number of aliphatic carboxylic acids is 1. The summed E-state index contributed by atoms with van der Waals surface area (Å²) in [5, 5.41) is 44.5. The summed E-state index contributed by atoms with van der Waals surface area (Å²) >= 11 is 6.03. The fraction of sp³-hybridized carbons (Fsp3) is 0.600. The molecule has 9 atom stereocenters.